The monoisotopic (exact) mass is 485 g/mol. The molecule has 1 saturated heterocycles. The number of hydrogen-bond donors (Lipinski definition) is 1. The predicted molar refractivity (Wildman–Crippen MR) is 117 cm³/mol. The zero-order valence-electron chi connectivity index (χ0n) is 18.2. The van der Waals surface area contributed by atoms with Crippen LogP contribution in [-0.4, -0.2) is 28.2 Å². The number of benzene rings is 3. The lowest BCUT2D eigenvalue weighted by molar-refractivity contribution is -0.138. The number of carboxylic acids is 1. The molecule has 0 spiro atoms. The first kappa shape index (κ1) is 22.9. The number of aliphatic carboxylic acids is 1. The van der Waals surface area contributed by atoms with Crippen molar-refractivity contribution in [1.29, 1.82) is 0 Å². The van der Waals surface area contributed by atoms with E-state index < -0.39 is 41.8 Å². The van der Waals surface area contributed by atoms with Crippen LogP contribution in [0, 0.1) is 5.82 Å². The number of rotatable bonds is 5. The van der Waals surface area contributed by atoms with Crippen molar-refractivity contribution in [2.45, 2.75) is 37.7 Å². The maximum Gasteiger partial charge on any atom is 0.416 e. The molecule has 1 aliphatic heterocycles. The molecule has 0 unspecified atom stereocenters. The van der Waals surface area contributed by atoms with Crippen LogP contribution in [0.25, 0.3) is 11.1 Å². The lowest BCUT2D eigenvalue weighted by Crippen LogP contribution is -2.28. The largest absolute Gasteiger partial charge is 0.481 e. The summed E-state index contributed by atoms with van der Waals surface area (Å²) >= 11 is 0. The van der Waals surface area contributed by atoms with Gasteiger partial charge in [0.25, 0.3) is 0 Å². The zero-order valence-corrected chi connectivity index (χ0v) is 18.2. The Morgan fingerprint density at radius 1 is 1.06 bits per heavy atom. The minimum atomic E-state index is -4.65. The number of nitrogens with zero attached hydrogens (tertiary/aromatic N) is 1. The quantitative estimate of drug-likeness (QED) is 0.467. The fourth-order valence-corrected chi connectivity index (χ4v) is 4.90. The minimum absolute atomic E-state index is 0.0385. The molecule has 3 aromatic rings. The van der Waals surface area contributed by atoms with Gasteiger partial charge in [-0.2, -0.15) is 13.2 Å². The molecule has 1 fully saturated rings. The zero-order chi connectivity index (χ0) is 24.9. The molecule has 0 bridgehead atoms. The van der Waals surface area contributed by atoms with Gasteiger partial charge in [0, 0.05) is 12.0 Å². The number of carbonyl (C=O) groups excluding carboxylic acids is 1. The van der Waals surface area contributed by atoms with E-state index >= 15 is 0 Å². The van der Waals surface area contributed by atoms with Gasteiger partial charge in [-0.15, -0.1) is 0 Å². The number of carboxylic acid groups (broad SMARTS) is 1. The van der Waals surface area contributed by atoms with Gasteiger partial charge in [-0.25, -0.2) is 9.18 Å². The van der Waals surface area contributed by atoms with E-state index in [-0.39, 0.29) is 29.7 Å². The highest BCUT2D eigenvalue weighted by atomic mass is 19.4. The highest BCUT2D eigenvalue weighted by molar-refractivity contribution is 5.75. The topological polar surface area (TPSA) is 66.8 Å². The van der Waals surface area contributed by atoms with Gasteiger partial charge in [0.2, 0.25) is 0 Å². The van der Waals surface area contributed by atoms with Crippen LogP contribution in [0.2, 0.25) is 0 Å². The standard InChI is InChI=1S/C26H19F4NO4/c27-21-8-5-14(10-23(32)33)9-20(21)18-7-6-17(26(28,29)30)11-16(18)13-31-24-19-4-2-1-3-15(19)12-22(24)35-25(31)34/h1-9,11,22,24H,10,12-13H2,(H,32,33)/t22-,24+/m0/s1. The van der Waals surface area contributed by atoms with Crippen molar-refractivity contribution in [2.75, 3.05) is 0 Å². The molecule has 5 rings (SSSR count). The molecule has 3 aromatic carbocycles. The second-order valence-electron chi connectivity index (χ2n) is 8.65. The number of alkyl halides is 3. The number of fused-ring (bicyclic) bond motifs is 3. The number of amides is 1. The lowest BCUT2D eigenvalue weighted by Gasteiger charge is -2.24. The predicted octanol–water partition coefficient (Wildman–Crippen LogP) is 5.76. The van der Waals surface area contributed by atoms with Crippen molar-refractivity contribution in [2.24, 2.45) is 0 Å². The summed E-state index contributed by atoms with van der Waals surface area (Å²) < 4.78 is 61.0. The SMILES string of the molecule is O=C(O)Cc1ccc(F)c(-c2ccc(C(F)(F)F)cc2CN2C(=O)O[C@H]3Cc4ccccc4[C@H]32)c1. The Kier molecular flexibility index (Phi) is 5.50. The molecule has 0 saturated carbocycles. The van der Waals surface area contributed by atoms with Crippen LogP contribution >= 0.6 is 0 Å². The normalized spacial score (nSPS) is 18.9. The molecule has 1 aliphatic carbocycles. The maximum absolute atomic E-state index is 14.8. The van der Waals surface area contributed by atoms with Crippen LogP contribution in [0.5, 0.6) is 0 Å². The van der Waals surface area contributed by atoms with Crippen LogP contribution in [0.15, 0.2) is 60.7 Å². The summed E-state index contributed by atoms with van der Waals surface area (Å²) in [4.78, 5) is 25.2. The van der Waals surface area contributed by atoms with E-state index in [0.29, 0.717) is 12.0 Å². The van der Waals surface area contributed by atoms with Gasteiger partial charge in [-0.3, -0.25) is 9.69 Å². The Morgan fingerprint density at radius 3 is 2.57 bits per heavy atom. The van der Waals surface area contributed by atoms with Crippen molar-refractivity contribution in [3.8, 4) is 11.1 Å². The van der Waals surface area contributed by atoms with Crippen LogP contribution in [0.1, 0.15) is 33.9 Å². The highest BCUT2D eigenvalue weighted by Crippen LogP contribution is 2.44. The van der Waals surface area contributed by atoms with Gasteiger partial charge in [0.05, 0.1) is 24.6 Å². The first-order valence-corrected chi connectivity index (χ1v) is 10.9. The summed E-state index contributed by atoms with van der Waals surface area (Å²) in [5.41, 5.74) is 1.41. The third-order valence-electron chi connectivity index (χ3n) is 6.42. The average Bonchev–Trinajstić information content (AvgIpc) is 3.29. The Labute approximate surface area is 197 Å². The van der Waals surface area contributed by atoms with E-state index in [1.807, 2.05) is 24.3 Å². The second kappa shape index (κ2) is 8.41. The van der Waals surface area contributed by atoms with E-state index in [2.05, 4.69) is 0 Å². The van der Waals surface area contributed by atoms with Crippen LogP contribution in [0.4, 0.5) is 22.4 Å². The first-order chi connectivity index (χ1) is 16.6. The first-order valence-electron chi connectivity index (χ1n) is 10.9. The average molecular weight is 485 g/mol. The molecule has 1 N–H and O–H groups in total. The third-order valence-corrected chi connectivity index (χ3v) is 6.42. The number of carbonyl (C=O) groups is 2. The molecular weight excluding hydrogens is 466 g/mol. The Morgan fingerprint density at radius 2 is 1.83 bits per heavy atom. The molecule has 35 heavy (non-hydrogen) atoms. The number of ether oxygens (including phenoxy) is 1. The van der Waals surface area contributed by atoms with Crippen molar-refractivity contribution >= 4 is 12.1 Å². The highest BCUT2D eigenvalue weighted by Gasteiger charge is 2.47. The summed E-state index contributed by atoms with van der Waals surface area (Å²) in [5.74, 6) is -1.84. The minimum Gasteiger partial charge on any atom is -0.481 e. The van der Waals surface area contributed by atoms with Crippen molar-refractivity contribution in [3.63, 3.8) is 0 Å². The summed E-state index contributed by atoms with van der Waals surface area (Å²) in [6.07, 6.45) is -5.62. The van der Waals surface area contributed by atoms with Gasteiger partial charge in [-0.05, 0) is 52.1 Å². The molecule has 5 nitrogen and oxygen atoms in total. The Bertz CT molecular complexity index is 1340. The molecule has 2 aliphatic rings. The van der Waals surface area contributed by atoms with E-state index in [9.17, 15) is 27.2 Å². The summed E-state index contributed by atoms with van der Waals surface area (Å²) in [6, 6.07) is 13.6. The van der Waals surface area contributed by atoms with Gasteiger partial charge in [-0.1, -0.05) is 36.4 Å². The van der Waals surface area contributed by atoms with Crippen LogP contribution < -0.4 is 0 Å². The third kappa shape index (κ3) is 4.22. The molecule has 9 heteroatoms. The van der Waals surface area contributed by atoms with Crippen LogP contribution in [-0.2, 0) is 35.1 Å². The second-order valence-corrected chi connectivity index (χ2v) is 8.65. The van der Waals surface area contributed by atoms with E-state index in [1.54, 1.807) is 0 Å². The Balaban J connectivity index is 1.59. The van der Waals surface area contributed by atoms with Gasteiger partial charge < -0.3 is 9.84 Å². The number of hydrogen-bond acceptors (Lipinski definition) is 3. The smallest absolute Gasteiger partial charge is 0.416 e. The van der Waals surface area contributed by atoms with Gasteiger partial charge in [0.15, 0.2) is 0 Å². The lowest BCUT2D eigenvalue weighted by atomic mass is 9.94. The summed E-state index contributed by atoms with van der Waals surface area (Å²) in [5, 5.41) is 9.09. The van der Waals surface area contributed by atoms with Gasteiger partial charge in [0.1, 0.15) is 11.9 Å². The molecule has 1 amide bonds. The van der Waals surface area contributed by atoms with E-state index in [1.165, 1.54) is 17.0 Å². The van der Waals surface area contributed by atoms with Crippen LogP contribution in [0.3, 0.4) is 0 Å². The fourth-order valence-electron chi connectivity index (χ4n) is 4.90. The summed E-state index contributed by atoms with van der Waals surface area (Å²) in [6.45, 7) is -0.240. The molecular formula is C26H19F4NO4. The van der Waals surface area contributed by atoms with Crippen molar-refractivity contribution < 1.29 is 37.0 Å². The van der Waals surface area contributed by atoms with E-state index in [4.69, 9.17) is 9.84 Å². The fraction of sp³-hybridized carbons (Fsp3) is 0.231. The molecule has 1 heterocycles. The molecule has 0 radical (unpaired) electrons. The molecule has 180 valence electrons. The number of halogens is 4. The van der Waals surface area contributed by atoms with Crippen molar-refractivity contribution in [3.05, 3.63) is 94.3 Å². The molecule has 0 aromatic heterocycles. The summed E-state index contributed by atoms with van der Waals surface area (Å²) in [7, 11) is 0. The Hall–Kier alpha value is -3.88. The maximum atomic E-state index is 14.8. The van der Waals surface area contributed by atoms with Crippen molar-refractivity contribution in [1.82, 2.24) is 4.90 Å². The van der Waals surface area contributed by atoms with Gasteiger partial charge >= 0.3 is 18.2 Å². The van der Waals surface area contributed by atoms with E-state index in [0.717, 1.165) is 35.4 Å². The molecule has 2 atom stereocenters.